The lowest BCUT2D eigenvalue weighted by atomic mass is 9.97. The maximum atomic E-state index is 11.9. The van der Waals surface area contributed by atoms with Crippen molar-refractivity contribution in [2.45, 2.75) is 13.3 Å². The first-order chi connectivity index (χ1) is 7.15. The summed E-state index contributed by atoms with van der Waals surface area (Å²) in [6.07, 6.45) is 0.769. The first-order valence-electron chi connectivity index (χ1n) is 4.94. The molecule has 0 aliphatic heterocycles. The van der Waals surface area contributed by atoms with Crippen LogP contribution in [-0.2, 0) is 4.74 Å². The van der Waals surface area contributed by atoms with E-state index in [1.54, 1.807) is 7.11 Å². The molecule has 3 heteroatoms. The average Bonchev–Trinajstić information content (AvgIpc) is 2.26. The van der Waals surface area contributed by atoms with Gasteiger partial charge in [-0.2, -0.15) is 0 Å². The van der Waals surface area contributed by atoms with Crippen LogP contribution in [0.1, 0.15) is 23.7 Å². The molecule has 2 nitrogen and oxygen atoms in total. The predicted octanol–water partition coefficient (Wildman–Crippen LogP) is 3.30. The molecule has 0 aliphatic carbocycles. The summed E-state index contributed by atoms with van der Waals surface area (Å²) in [5, 5.41) is 0. The Labute approximate surface area is 98.8 Å². The Bertz CT molecular complexity index is 319. The minimum atomic E-state index is 0.0196. The number of methoxy groups -OCH3 is 1. The van der Waals surface area contributed by atoms with Crippen LogP contribution < -0.4 is 0 Å². The van der Waals surface area contributed by atoms with Gasteiger partial charge in [-0.15, -0.1) is 0 Å². The fourth-order valence-corrected chi connectivity index (χ4v) is 1.59. The van der Waals surface area contributed by atoms with E-state index in [1.807, 2.05) is 31.2 Å². The van der Waals surface area contributed by atoms with Crippen LogP contribution in [0.3, 0.4) is 0 Å². The highest BCUT2D eigenvalue weighted by molar-refractivity contribution is 9.10. The molecule has 0 heterocycles. The van der Waals surface area contributed by atoms with Gasteiger partial charge in [0.15, 0.2) is 5.78 Å². The lowest BCUT2D eigenvalue weighted by Gasteiger charge is -2.09. The molecular formula is C12H15BrO2. The molecule has 0 bridgehead atoms. The number of rotatable bonds is 5. The molecule has 1 aromatic carbocycles. The molecule has 0 N–H and O–H groups in total. The molecule has 1 aromatic rings. The van der Waals surface area contributed by atoms with Gasteiger partial charge in [-0.3, -0.25) is 4.79 Å². The maximum absolute atomic E-state index is 11.9. The van der Waals surface area contributed by atoms with E-state index in [0.717, 1.165) is 16.5 Å². The van der Waals surface area contributed by atoms with Gasteiger partial charge < -0.3 is 4.74 Å². The molecule has 0 amide bonds. The Balaban J connectivity index is 2.63. The predicted molar refractivity (Wildman–Crippen MR) is 64.1 cm³/mol. The molecule has 0 aromatic heterocycles. The van der Waals surface area contributed by atoms with Crippen LogP contribution in [0.15, 0.2) is 28.7 Å². The summed E-state index contributed by atoms with van der Waals surface area (Å²) in [5.41, 5.74) is 0.766. The summed E-state index contributed by atoms with van der Waals surface area (Å²) in [6, 6.07) is 7.46. The number of ether oxygens (including phenoxy) is 1. The summed E-state index contributed by atoms with van der Waals surface area (Å²) in [4.78, 5) is 11.9. The molecular weight excluding hydrogens is 256 g/mol. The molecule has 0 spiro atoms. The number of Topliss-reactive ketones (excluding diaryl/α,β-unsaturated/α-hetero) is 1. The summed E-state index contributed by atoms with van der Waals surface area (Å²) in [6.45, 7) is 2.56. The van der Waals surface area contributed by atoms with Crippen molar-refractivity contribution in [1.82, 2.24) is 0 Å². The smallest absolute Gasteiger partial charge is 0.165 e. The van der Waals surface area contributed by atoms with Gasteiger partial charge >= 0.3 is 0 Å². The first-order valence-corrected chi connectivity index (χ1v) is 5.73. The van der Waals surface area contributed by atoms with Gasteiger partial charge in [0.05, 0.1) is 0 Å². The topological polar surface area (TPSA) is 26.3 Å². The van der Waals surface area contributed by atoms with E-state index < -0.39 is 0 Å². The van der Waals surface area contributed by atoms with Crippen molar-refractivity contribution in [2.24, 2.45) is 5.92 Å². The number of hydrogen-bond acceptors (Lipinski definition) is 2. The highest BCUT2D eigenvalue weighted by Gasteiger charge is 2.14. The van der Waals surface area contributed by atoms with Gasteiger partial charge in [0.2, 0.25) is 0 Å². The summed E-state index contributed by atoms with van der Waals surface area (Å²) < 4.78 is 5.95. The third-order valence-corrected chi connectivity index (χ3v) is 2.86. The Kier molecular flexibility index (Phi) is 4.99. The van der Waals surface area contributed by atoms with Crippen molar-refractivity contribution in [2.75, 3.05) is 13.7 Å². The normalized spacial score (nSPS) is 12.5. The fourth-order valence-electron chi connectivity index (χ4n) is 1.32. The van der Waals surface area contributed by atoms with Crippen molar-refractivity contribution >= 4 is 21.7 Å². The SMILES string of the molecule is COCCC(C)C(=O)c1ccc(Br)cc1. The zero-order valence-corrected chi connectivity index (χ0v) is 10.6. The summed E-state index contributed by atoms with van der Waals surface area (Å²) in [5.74, 6) is 0.200. The molecule has 15 heavy (non-hydrogen) atoms. The zero-order chi connectivity index (χ0) is 11.3. The Morgan fingerprint density at radius 2 is 2.00 bits per heavy atom. The lowest BCUT2D eigenvalue weighted by molar-refractivity contribution is 0.0893. The van der Waals surface area contributed by atoms with Crippen LogP contribution >= 0.6 is 15.9 Å². The van der Waals surface area contributed by atoms with Gasteiger partial charge in [-0.05, 0) is 18.6 Å². The molecule has 0 saturated carbocycles. The molecule has 1 rings (SSSR count). The Morgan fingerprint density at radius 3 is 2.53 bits per heavy atom. The van der Waals surface area contributed by atoms with Crippen molar-refractivity contribution in [3.05, 3.63) is 34.3 Å². The van der Waals surface area contributed by atoms with Crippen molar-refractivity contribution in [3.63, 3.8) is 0 Å². The zero-order valence-electron chi connectivity index (χ0n) is 9.00. The van der Waals surface area contributed by atoms with Gasteiger partial charge in [-0.25, -0.2) is 0 Å². The van der Waals surface area contributed by atoms with Crippen LogP contribution in [0.4, 0.5) is 0 Å². The molecule has 82 valence electrons. The van der Waals surface area contributed by atoms with E-state index in [2.05, 4.69) is 15.9 Å². The van der Waals surface area contributed by atoms with E-state index in [1.165, 1.54) is 0 Å². The molecule has 0 radical (unpaired) electrons. The molecule has 0 fully saturated rings. The first kappa shape index (κ1) is 12.4. The highest BCUT2D eigenvalue weighted by Crippen LogP contribution is 2.15. The van der Waals surface area contributed by atoms with Crippen molar-refractivity contribution < 1.29 is 9.53 Å². The average molecular weight is 271 g/mol. The second-order valence-electron chi connectivity index (χ2n) is 3.55. The van der Waals surface area contributed by atoms with Gasteiger partial charge in [0.1, 0.15) is 0 Å². The van der Waals surface area contributed by atoms with Crippen LogP contribution in [-0.4, -0.2) is 19.5 Å². The molecule has 0 aliphatic rings. The Hall–Kier alpha value is -0.670. The van der Waals surface area contributed by atoms with Crippen molar-refractivity contribution in [1.29, 1.82) is 0 Å². The van der Waals surface area contributed by atoms with E-state index >= 15 is 0 Å². The van der Waals surface area contributed by atoms with E-state index in [-0.39, 0.29) is 11.7 Å². The van der Waals surface area contributed by atoms with Gasteiger partial charge in [0.25, 0.3) is 0 Å². The highest BCUT2D eigenvalue weighted by atomic mass is 79.9. The number of hydrogen-bond donors (Lipinski definition) is 0. The standard InChI is InChI=1S/C12H15BrO2/c1-9(7-8-15-2)12(14)10-3-5-11(13)6-4-10/h3-6,9H,7-8H2,1-2H3. The van der Waals surface area contributed by atoms with E-state index in [9.17, 15) is 4.79 Å². The number of carbonyl (C=O) groups is 1. The van der Waals surface area contributed by atoms with E-state index in [4.69, 9.17) is 4.74 Å². The third-order valence-electron chi connectivity index (χ3n) is 2.33. The number of carbonyl (C=O) groups excluding carboxylic acids is 1. The third kappa shape index (κ3) is 3.76. The fraction of sp³-hybridized carbons (Fsp3) is 0.417. The second kappa shape index (κ2) is 6.03. The van der Waals surface area contributed by atoms with Crippen LogP contribution in [0, 0.1) is 5.92 Å². The summed E-state index contributed by atoms with van der Waals surface area (Å²) in [7, 11) is 1.65. The minimum absolute atomic E-state index is 0.0196. The summed E-state index contributed by atoms with van der Waals surface area (Å²) >= 11 is 3.34. The monoisotopic (exact) mass is 270 g/mol. The molecule has 1 unspecified atom stereocenters. The van der Waals surface area contributed by atoms with Crippen LogP contribution in [0.25, 0.3) is 0 Å². The van der Waals surface area contributed by atoms with Crippen molar-refractivity contribution in [3.8, 4) is 0 Å². The minimum Gasteiger partial charge on any atom is -0.385 e. The van der Waals surface area contributed by atoms with Gasteiger partial charge in [-0.1, -0.05) is 35.0 Å². The van der Waals surface area contributed by atoms with Crippen LogP contribution in [0.5, 0.6) is 0 Å². The van der Waals surface area contributed by atoms with Crippen LogP contribution in [0.2, 0.25) is 0 Å². The van der Waals surface area contributed by atoms with Gasteiger partial charge in [0, 0.05) is 29.7 Å². The molecule has 1 atom stereocenters. The number of halogens is 1. The second-order valence-corrected chi connectivity index (χ2v) is 4.47. The number of benzene rings is 1. The quantitative estimate of drug-likeness (QED) is 0.768. The maximum Gasteiger partial charge on any atom is 0.165 e. The molecule has 0 saturated heterocycles. The van der Waals surface area contributed by atoms with E-state index in [0.29, 0.717) is 6.61 Å². The number of ketones is 1. The largest absolute Gasteiger partial charge is 0.385 e. The lowest BCUT2D eigenvalue weighted by Crippen LogP contribution is -2.13. The Morgan fingerprint density at radius 1 is 1.40 bits per heavy atom.